The minimum Gasteiger partial charge on any atom is -0.494 e. The molecule has 0 radical (unpaired) electrons. The monoisotopic (exact) mass is 301 g/mol. The standard InChI is InChI=1S/C18H27N3O/c1-3-19-18(21-16-7-4-5-8-16)20-13-6-14-22-17-11-9-15(2)10-12-17/h4-5,9-12,16H,3,6-8,13-14H2,1-2H3,(H2,19,20,21). The molecule has 1 aliphatic carbocycles. The molecule has 2 N–H and O–H groups in total. The number of nitrogens with one attached hydrogen (secondary N) is 2. The van der Waals surface area contributed by atoms with Crippen LogP contribution in [-0.2, 0) is 0 Å². The smallest absolute Gasteiger partial charge is 0.191 e. The molecule has 1 aromatic carbocycles. The zero-order chi connectivity index (χ0) is 15.6. The number of hydrogen-bond donors (Lipinski definition) is 2. The van der Waals surface area contributed by atoms with Crippen LogP contribution in [0.25, 0.3) is 0 Å². The van der Waals surface area contributed by atoms with E-state index in [0.717, 1.165) is 44.1 Å². The molecular formula is C18H27N3O. The van der Waals surface area contributed by atoms with Gasteiger partial charge in [0.2, 0.25) is 0 Å². The molecule has 1 aliphatic rings. The number of aliphatic imine (C=N–C) groups is 1. The topological polar surface area (TPSA) is 45.7 Å². The van der Waals surface area contributed by atoms with Crippen molar-refractivity contribution in [1.29, 1.82) is 0 Å². The van der Waals surface area contributed by atoms with Crippen molar-refractivity contribution in [3.63, 3.8) is 0 Å². The molecule has 0 bridgehead atoms. The first-order valence-corrected chi connectivity index (χ1v) is 8.17. The summed E-state index contributed by atoms with van der Waals surface area (Å²) in [6, 6.07) is 8.64. The predicted molar refractivity (Wildman–Crippen MR) is 92.6 cm³/mol. The first-order valence-electron chi connectivity index (χ1n) is 8.17. The molecule has 0 spiro atoms. The molecule has 1 aromatic rings. The normalized spacial score (nSPS) is 15.1. The maximum absolute atomic E-state index is 5.72. The summed E-state index contributed by atoms with van der Waals surface area (Å²) in [5.74, 6) is 1.84. The van der Waals surface area contributed by atoms with Gasteiger partial charge in [-0.3, -0.25) is 4.99 Å². The maximum atomic E-state index is 5.72. The van der Waals surface area contributed by atoms with Gasteiger partial charge >= 0.3 is 0 Å². The third-order valence-corrected chi connectivity index (χ3v) is 3.56. The highest BCUT2D eigenvalue weighted by molar-refractivity contribution is 5.80. The van der Waals surface area contributed by atoms with Crippen LogP contribution >= 0.6 is 0 Å². The average Bonchev–Trinajstić information content (AvgIpc) is 3.02. The number of nitrogens with zero attached hydrogens (tertiary/aromatic N) is 1. The van der Waals surface area contributed by atoms with Crippen LogP contribution < -0.4 is 15.4 Å². The van der Waals surface area contributed by atoms with E-state index in [1.165, 1.54) is 5.56 Å². The molecule has 0 aromatic heterocycles. The van der Waals surface area contributed by atoms with Crippen LogP contribution in [0.1, 0.15) is 31.7 Å². The zero-order valence-corrected chi connectivity index (χ0v) is 13.6. The summed E-state index contributed by atoms with van der Waals surface area (Å²) in [6.07, 6.45) is 7.52. The van der Waals surface area contributed by atoms with Gasteiger partial charge in [0, 0.05) is 25.6 Å². The minimum atomic E-state index is 0.488. The quantitative estimate of drug-likeness (QED) is 0.352. The van der Waals surface area contributed by atoms with E-state index in [1.54, 1.807) is 0 Å². The Morgan fingerprint density at radius 1 is 1.23 bits per heavy atom. The van der Waals surface area contributed by atoms with Crippen LogP contribution in [0.3, 0.4) is 0 Å². The summed E-state index contributed by atoms with van der Waals surface area (Å²) in [6.45, 7) is 6.50. The first kappa shape index (κ1) is 16.4. The Labute approximate surface area is 133 Å². The van der Waals surface area contributed by atoms with E-state index < -0.39 is 0 Å². The van der Waals surface area contributed by atoms with E-state index in [2.05, 4.69) is 53.8 Å². The molecule has 4 nitrogen and oxygen atoms in total. The van der Waals surface area contributed by atoms with E-state index in [4.69, 9.17) is 4.74 Å². The fourth-order valence-electron chi connectivity index (χ4n) is 2.33. The Bertz CT molecular complexity index is 486. The third-order valence-electron chi connectivity index (χ3n) is 3.56. The second kappa shape index (κ2) is 9.13. The Balaban J connectivity index is 1.68. The Morgan fingerprint density at radius 3 is 2.64 bits per heavy atom. The Hall–Kier alpha value is -1.97. The van der Waals surface area contributed by atoms with Crippen LogP contribution in [0, 0.1) is 6.92 Å². The Kier molecular flexibility index (Phi) is 6.81. The van der Waals surface area contributed by atoms with Crippen LogP contribution in [0.15, 0.2) is 41.4 Å². The lowest BCUT2D eigenvalue weighted by molar-refractivity contribution is 0.313. The lowest BCUT2D eigenvalue weighted by atomic mass is 10.2. The molecule has 22 heavy (non-hydrogen) atoms. The highest BCUT2D eigenvalue weighted by atomic mass is 16.5. The zero-order valence-electron chi connectivity index (χ0n) is 13.6. The van der Waals surface area contributed by atoms with Gasteiger partial charge in [-0.15, -0.1) is 0 Å². The molecule has 0 aliphatic heterocycles. The lowest BCUT2D eigenvalue weighted by Crippen LogP contribution is -2.42. The van der Waals surface area contributed by atoms with Gasteiger partial charge in [0.15, 0.2) is 5.96 Å². The van der Waals surface area contributed by atoms with Crippen LogP contribution in [0.4, 0.5) is 0 Å². The maximum Gasteiger partial charge on any atom is 0.191 e. The van der Waals surface area contributed by atoms with E-state index in [9.17, 15) is 0 Å². The molecule has 0 heterocycles. The summed E-state index contributed by atoms with van der Waals surface area (Å²) in [7, 11) is 0. The van der Waals surface area contributed by atoms with Crippen molar-refractivity contribution in [1.82, 2.24) is 10.6 Å². The highest BCUT2D eigenvalue weighted by Gasteiger charge is 2.11. The van der Waals surface area contributed by atoms with E-state index >= 15 is 0 Å². The highest BCUT2D eigenvalue weighted by Crippen LogP contribution is 2.11. The molecule has 0 atom stereocenters. The lowest BCUT2D eigenvalue weighted by Gasteiger charge is -2.16. The second-order valence-electron chi connectivity index (χ2n) is 5.56. The van der Waals surface area contributed by atoms with Gasteiger partial charge in [-0.05, 0) is 38.8 Å². The first-order chi connectivity index (χ1) is 10.8. The van der Waals surface area contributed by atoms with Gasteiger partial charge in [-0.2, -0.15) is 0 Å². The van der Waals surface area contributed by atoms with Crippen LogP contribution in [-0.4, -0.2) is 31.7 Å². The molecular weight excluding hydrogens is 274 g/mol. The van der Waals surface area contributed by atoms with Gasteiger partial charge in [0.1, 0.15) is 5.75 Å². The van der Waals surface area contributed by atoms with Gasteiger partial charge in [-0.1, -0.05) is 29.8 Å². The summed E-state index contributed by atoms with van der Waals surface area (Å²) < 4.78 is 5.72. The van der Waals surface area contributed by atoms with Crippen LogP contribution in [0.2, 0.25) is 0 Å². The summed E-state index contributed by atoms with van der Waals surface area (Å²) in [4.78, 5) is 4.61. The van der Waals surface area contributed by atoms with Crippen molar-refractivity contribution in [2.75, 3.05) is 19.7 Å². The van der Waals surface area contributed by atoms with Gasteiger partial charge < -0.3 is 15.4 Å². The Morgan fingerprint density at radius 2 is 1.95 bits per heavy atom. The minimum absolute atomic E-state index is 0.488. The molecule has 0 saturated carbocycles. The average molecular weight is 301 g/mol. The van der Waals surface area contributed by atoms with Crippen molar-refractivity contribution in [3.8, 4) is 5.75 Å². The number of hydrogen-bond acceptors (Lipinski definition) is 2. The summed E-state index contributed by atoms with van der Waals surface area (Å²) >= 11 is 0. The fourth-order valence-corrected chi connectivity index (χ4v) is 2.33. The third kappa shape index (κ3) is 5.80. The number of guanidine groups is 1. The molecule has 0 fully saturated rings. The van der Waals surface area contributed by atoms with Gasteiger partial charge in [0.25, 0.3) is 0 Å². The van der Waals surface area contributed by atoms with Crippen molar-refractivity contribution in [3.05, 3.63) is 42.0 Å². The number of benzene rings is 1. The second-order valence-corrected chi connectivity index (χ2v) is 5.56. The van der Waals surface area contributed by atoms with E-state index in [0.29, 0.717) is 12.6 Å². The number of aryl methyl sites for hydroxylation is 1. The van der Waals surface area contributed by atoms with Crippen LogP contribution in [0.5, 0.6) is 5.75 Å². The number of ether oxygens (including phenoxy) is 1. The molecule has 0 unspecified atom stereocenters. The number of rotatable bonds is 7. The van der Waals surface area contributed by atoms with E-state index in [-0.39, 0.29) is 0 Å². The molecule has 2 rings (SSSR count). The predicted octanol–water partition coefficient (Wildman–Crippen LogP) is 3.04. The van der Waals surface area contributed by atoms with Gasteiger partial charge in [-0.25, -0.2) is 0 Å². The van der Waals surface area contributed by atoms with Crippen molar-refractivity contribution in [2.45, 2.75) is 39.2 Å². The largest absolute Gasteiger partial charge is 0.494 e. The fraction of sp³-hybridized carbons (Fsp3) is 0.500. The van der Waals surface area contributed by atoms with Crippen molar-refractivity contribution >= 4 is 5.96 Å². The molecule has 0 saturated heterocycles. The SMILES string of the molecule is CCNC(=NCCCOc1ccc(C)cc1)NC1CC=CC1. The molecule has 0 amide bonds. The van der Waals surface area contributed by atoms with Gasteiger partial charge in [0.05, 0.1) is 6.61 Å². The summed E-state index contributed by atoms with van der Waals surface area (Å²) in [5.41, 5.74) is 1.25. The molecule has 120 valence electrons. The molecule has 4 heteroatoms. The summed E-state index contributed by atoms with van der Waals surface area (Å²) in [5, 5.41) is 6.76. The van der Waals surface area contributed by atoms with Crippen molar-refractivity contribution < 1.29 is 4.74 Å². The van der Waals surface area contributed by atoms with Crippen molar-refractivity contribution in [2.24, 2.45) is 4.99 Å². The van der Waals surface area contributed by atoms with E-state index in [1.807, 2.05) is 12.1 Å².